The van der Waals surface area contributed by atoms with Crippen molar-refractivity contribution in [2.75, 3.05) is 7.05 Å². The van der Waals surface area contributed by atoms with E-state index in [0.717, 1.165) is 6.54 Å². The molecule has 1 aromatic heterocycles. The van der Waals surface area contributed by atoms with Crippen LogP contribution in [-0.4, -0.2) is 17.7 Å². The van der Waals surface area contributed by atoms with Crippen LogP contribution in [0.3, 0.4) is 0 Å². The summed E-state index contributed by atoms with van der Waals surface area (Å²) in [6, 6.07) is 2.67. The number of nitrogens with one attached hydrogen (secondary N) is 1. The van der Waals surface area contributed by atoms with Crippen LogP contribution in [0, 0.1) is 13.8 Å². The Balaban J connectivity index is 2.91. The van der Waals surface area contributed by atoms with E-state index in [1.54, 1.807) is 0 Å². The molecule has 1 rings (SSSR count). The van der Waals surface area contributed by atoms with Crippen LogP contribution in [0.25, 0.3) is 6.08 Å². The number of rotatable bonds is 4. The van der Waals surface area contributed by atoms with Crippen molar-refractivity contribution in [2.45, 2.75) is 40.3 Å². The van der Waals surface area contributed by atoms with Crippen LogP contribution in [0.2, 0.25) is 0 Å². The lowest BCUT2D eigenvalue weighted by Gasteiger charge is -2.05. The summed E-state index contributed by atoms with van der Waals surface area (Å²) in [4.78, 5) is 0. The molecule has 0 aromatic carbocycles. The summed E-state index contributed by atoms with van der Waals surface area (Å²) >= 11 is 0. The molecule has 2 nitrogen and oxygen atoms in total. The molecule has 1 N–H and O–H groups in total. The van der Waals surface area contributed by atoms with Crippen molar-refractivity contribution in [3.05, 3.63) is 29.1 Å². The highest BCUT2D eigenvalue weighted by Gasteiger charge is 2.04. The molecule has 0 amide bonds. The highest BCUT2D eigenvalue weighted by atomic mass is 15.0. The highest BCUT2D eigenvalue weighted by Crippen LogP contribution is 2.16. The number of hydrogen-bond acceptors (Lipinski definition) is 1. The fourth-order valence-electron chi connectivity index (χ4n) is 1.83. The molecule has 0 bridgehead atoms. The summed E-state index contributed by atoms with van der Waals surface area (Å²) in [6.45, 7) is 9.72. The first-order valence-electron chi connectivity index (χ1n) is 5.62. The maximum Gasteiger partial charge on any atom is 0.0221 e. The molecule has 1 unspecified atom stereocenters. The van der Waals surface area contributed by atoms with Gasteiger partial charge in [-0.1, -0.05) is 12.2 Å². The molecular formula is C13H22N2. The van der Waals surface area contributed by atoms with Gasteiger partial charge in [0.2, 0.25) is 0 Å². The van der Waals surface area contributed by atoms with Gasteiger partial charge in [-0.2, -0.15) is 0 Å². The first-order chi connectivity index (χ1) is 7.10. The Kier molecular flexibility index (Phi) is 4.15. The van der Waals surface area contributed by atoms with Gasteiger partial charge in [-0.15, -0.1) is 0 Å². The van der Waals surface area contributed by atoms with E-state index < -0.39 is 0 Å². The Morgan fingerprint density at radius 1 is 1.47 bits per heavy atom. The smallest absolute Gasteiger partial charge is 0.0221 e. The fourth-order valence-corrected chi connectivity index (χ4v) is 1.83. The zero-order chi connectivity index (χ0) is 11.4. The number of nitrogens with zero attached hydrogens (tertiary/aromatic N) is 1. The van der Waals surface area contributed by atoms with Crippen molar-refractivity contribution in [1.82, 2.24) is 9.88 Å². The summed E-state index contributed by atoms with van der Waals surface area (Å²) < 4.78 is 2.34. The van der Waals surface area contributed by atoms with E-state index in [-0.39, 0.29) is 0 Å². The second-order valence-electron chi connectivity index (χ2n) is 4.01. The third-order valence-electron chi connectivity index (χ3n) is 2.95. The largest absolute Gasteiger partial charge is 0.349 e. The highest BCUT2D eigenvalue weighted by molar-refractivity contribution is 5.54. The first kappa shape index (κ1) is 12.1. The van der Waals surface area contributed by atoms with E-state index in [4.69, 9.17) is 0 Å². The lowest BCUT2D eigenvalue weighted by Crippen LogP contribution is -2.17. The second-order valence-corrected chi connectivity index (χ2v) is 4.01. The Bertz CT molecular complexity index is 348. The molecule has 0 fully saturated rings. The van der Waals surface area contributed by atoms with Gasteiger partial charge in [0, 0.05) is 24.0 Å². The predicted octanol–water partition coefficient (Wildman–Crippen LogP) is 2.75. The summed E-state index contributed by atoms with van der Waals surface area (Å²) in [6.07, 6.45) is 4.40. The van der Waals surface area contributed by atoms with Crippen LogP contribution in [0.15, 0.2) is 12.1 Å². The molecule has 0 spiro atoms. The van der Waals surface area contributed by atoms with Gasteiger partial charge < -0.3 is 9.88 Å². The number of aryl methyl sites for hydroxylation is 1. The molecule has 84 valence electrons. The van der Waals surface area contributed by atoms with Crippen molar-refractivity contribution < 1.29 is 0 Å². The van der Waals surface area contributed by atoms with Gasteiger partial charge in [-0.25, -0.2) is 0 Å². The molecule has 2 heteroatoms. The van der Waals surface area contributed by atoms with E-state index in [2.05, 4.69) is 55.8 Å². The molecule has 0 saturated heterocycles. The van der Waals surface area contributed by atoms with Crippen LogP contribution in [0.4, 0.5) is 0 Å². The molecule has 15 heavy (non-hydrogen) atoms. The lowest BCUT2D eigenvalue weighted by atomic mass is 10.2. The average Bonchev–Trinajstić information content (AvgIpc) is 2.50. The van der Waals surface area contributed by atoms with Gasteiger partial charge in [0.15, 0.2) is 0 Å². The summed E-state index contributed by atoms with van der Waals surface area (Å²) in [5.74, 6) is 0. The Hall–Kier alpha value is -1.02. The molecule has 0 radical (unpaired) electrons. The van der Waals surface area contributed by atoms with E-state index >= 15 is 0 Å². The van der Waals surface area contributed by atoms with E-state index in [1.807, 2.05) is 7.05 Å². The molecular weight excluding hydrogens is 184 g/mol. The normalized spacial score (nSPS) is 13.7. The Morgan fingerprint density at radius 2 is 2.13 bits per heavy atom. The molecule has 1 heterocycles. The van der Waals surface area contributed by atoms with Gasteiger partial charge in [0.1, 0.15) is 0 Å². The lowest BCUT2D eigenvalue weighted by molar-refractivity contribution is 0.717. The Labute approximate surface area is 93.0 Å². The van der Waals surface area contributed by atoms with Crippen molar-refractivity contribution in [3.63, 3.8) is 0 Å². The molecule has 0 aliphatic carbocycles. The SMILES string of the molecule is CCn1c(C)cc(/C=C/C(C)NC)c1C. The minimum atomic E-state index is 0.426. The zero-order valence-electron chi connectivity index (χ0n) is 10.5. The van der Waals surface area contributed by atoms with Crippen molar-refractivity contribution in [1.29, 1.82) is 0 Å². The fraction of sp³-hybridized carbons (Fsp3) is 0.538. The van der Waals surface area contributed by atoms with Gasteiger partial charge in [0.25, 0.3) is 0 Å². The zero-order valence-corrected chi connectivity index (χ0v) is 10.5. The van der Waals surface area contributed by atoms with Gasteiger partial charge in [-0.3, -0.25) is 0 Å². The van der Waals surface area contributed by atoms with Crippen LogP contribution in [0.1, 0.15) is 30.8 Å². The second kappa shape index (κ2) is 5.17. The topological polar surface area (TPSA) is 17.0 Å². The van der Waals surface area contributed by atoms with E-state index in [9.17, 15) is 0 Å². The van der Waals surface area contributed by atoms with Gasteiger partial charge >= 0.3 is 0 Å². The van der Waals surface area contributed by atoms with E-state index in [1.165, 1.54) is 17.0 Å². The van der Waals surface area contributed by atoms with Crippen molar-refractivity contribution >= 4 is 6.08 Å². The molecule has 0 aliphatic heterocycles. The standard InChI is InChI=1S/C13H22N2/c1-6-15-11(3)9-13(12(15)4)8-7-10(2)14-5/h7-10,14H,6H2,1-5H3/b8-7+. The maximum absolute atomic E-state index is 3.20. The average molecular weight is 206 g/mol. The van der Waals surface area contributed by atoms with E-state index in [0.29, 0.717) is 6.04 Å². The van der Waals surface area contributed by atoms with Crippen molar-refractivity contribution in [2.24, 2.45) is 0 Å². The summed E-state index contributed by atoms with van der Waals surface area (Å²) in [7, 11) is 1.98. The minimum Gasteiger partial charge on any atom is -0.349 e. The summed E-state index contributed by atoms with van der Waals surface area (Å²) in [5, 5.41) is 3.20. The van der Waals surface area contributed by atoms with Gasteiger partial charge in [-0.05, 0) is 46.4 Å². The number of aromatic nitrogens is 1. The third-order valence-corrected chi connectivity index (χ3v) is 2.95. The predicted molar refractivity (Wildman–Crippen MR) is 67.1 cm³/mol. The molecule has 1 atom stereocenters. The minimum absolute atomic E-state index is 0.426. The molecule has 0 saturated carbocycles. The van der Waals surface area contributed by atoms with Gasteiger partial charge in [0.05, 0.1) is 0 Å². The number of likely N-dealkylation sites (N-methyl/N-ethyl adjacent to an activating group) is 1. The van der Waals surface area contributed by atoms with Crippen molar-refractivity contribution in [3.8, 4) is 0 Å². The van der Waals surface area contributed by atoms with Crippen LogP contribution in [0.5, 0.6) is 0 Å². The number of hydrogen-bond donors (Lipinski definition) is 1. The first-order valence-corrected chi connectivity index (χ1v) is 5.62. The maximum atomic E-state index is 3.20. The monoisotopic (exact) mass is 206 g/mol. The third kappa shape index (κ3) is 2.72. The quantitative estimate of drug-likeness (QED) is 0.801. The van der Waals surface area contributed by atoms with Crippen LogP contribution in [-0.2, 0) is 6.54 Å². The van der Waals surface area contributed by atoms with Crippen LogP contribution < -0.4 is 5.32 Å². The molecule has 1 aromatic rings. The van der Waals surface area contributed by atoms with Crippen LogP contribution >= 0.6 is 0 Å². The molecule has 0 aliphatic rings. The Morgan fingerprint density at radius 3 is 2.60 bits per heavy atom. The summed E-state index contributed by atoms with van der Waals surface area (Å²) in [5.41, 5.74) is 4.03.